The van der Waals surface area contributed by atoms with E-state index in [4.69, 9.17) is 9.47 Å². The Balaban J connectivity index is 1.54. The largest absolute Gasteiger partial charge is 0.503 e. The van der Waals surface area contributed by atoms with Crippen molar-refractivity contribution in [3.63, 3.8) is 0 Å². The molecule has 2 aliphatic heterocycles. The van der Waals surface area contributed by atoms with E-state index in [1.54, 1.807) is 10.7 Å². The summed E-state index contributed by atoms with van der Waals surface area (Å²) in [4.78, 5) is 6.68. The quantitative estimate of drug-likeness (QED) is 0.569. The lowest BCUT2D eigenvalue weighted by atomic mass is 10.0. The second kappa shape index (κ2) is 7.25. The zero-order valence-corrected chi connectivity index (χ0v) is 17.7. The molecule has 34 heavy (non-hydrogen) atoms. The Morgan fingerprint density at radius 3 is 2.50 bits per heavy atom. The minimum absolute atomic E-state index is 0.108. The van der Waals surface area contributed by atoms with Gasteiger partial charge in [0.25, 0.3) is 0 Å². The van der Waals surface area contributed by atoms with Crippen LogP contribution in [0.25, 0.3) is 22.2 Å². The third kappa shape index (κ3) is 3.15. The van der Waals surface area contributed by atoms with Gasteiger partial charge in [0.2, 0.25) is 0 Å². The number of pyridine rings is 1. The predicted molar refractivity (Wildman–Crippen MR) is 110 cm³/mol. The lowest BCUT2D eigenvalue weighted by Crippen LogP contribution is -2.48. The molecule has 3 aromatic rings. The smallest absolute Gasteiger partial charge is 0.419 e. The first-order valence-electron chi connectivity index (χ1n) is 10.8. The van der Waals surface area contributed by atoms with Gasteiger partial charge >= 0.3 is 6.18 Å². The summed E-state index contributed by atoms with van der Waals surface area (Å²) >= 11 is 0. The summed E-state index contributed by atoms with van der Waals surface area (Å²) in [5, 5.41) is 14.4. The fourth-order valence-electron chi connectivity index (χ4n) is 4.66. The van der Waals surface area contributed by atoms with Crippen molar-refractivity contribution in [2.45, 2.75) is 30.6 Å². The number of hydrogen-bond acceptors (Lipinski definition) is 6. The molecule has 12 heteroatoms. The Morgan fingerprint density at radius 1 is 1.09 bits per heavy atom. The summed E-state index contributed by atoms with van der Waals surface area (Å²) in [6.07, 6.45) is -1.77. The number of aromatic nitrogens is 3. The minimum Gasteiger partial charge on any atom is -0.503 e. The first-order chi connectivity index (χ1) is 16.2. The number of rotatable bonds is 3. The number of nitrogens with zero attached hydrogens (tertiary/aromatic N) is 4. The number of benzene rings is 1. The van der Waals surface area contributed by atoms with Gasteiger partial charge in [-0.3, -0.25) is 4.68 Å². The summed E-state index contributed by atoms with van der Waals surface area (Å²) in [5.74, 6) is -4.61. The van der Waals surface area contributed by atoms with Gasteiger partial charge in [0.05, 0.1) is 49.1 Å². The molecule has 4 heterocycles. The Labute approximate surface area is 189 Å². The lowest BCUT2D eigenvalue weighted by molar-refractivity contribution is -0.140. The van der Waals surface area contributed by atoms with Crippen molar-refractivity contribution in [3.8, 4) is 17.0 Å². The molecule has 0 radical (unpaired) electrons. The highest BCUT2D eigenvalue weighted by Crippen LogP contribution is 2.47. The molecule has 0 bridgehead atoms. The normalized spacial score (nSPS) is 20.2. The summed E-state index contributed by atoms with van der Waals surface area (Å²) in [5.41, 5.74) is -2.17. The molecule has 2 saturated heterocycles. The Morgan fingerprint density at radius 2 is 1.85 bits per heavy atom. The van der Waals surface area contributed by atoms with Crippen LogP contribution < -0.4 is 4.90 Å². The molecule has 3 aliphatic rings. The van der Waals surface area contributed by atoms with Crippen molar-refractivity contribution in [2.75, 3.05) is 37.9 Å². The van der Waals surface area contributed by atoms with E-state index < -0.39 is 34.7 Å². The summed E-state index contributed by atoms with van der Waals surface area (Å²) in [6, 6.07) is 1.91. The van der Waals surface area contributed by atoms with Gasteiger partial charge in [-0.25, -0.2) is 13.8 Å². The van der Waals surface area contributed by atoms with E-state index in [2.05, 4.69) is 15.0 Å². The number of ether oxygens (including phenoxy) is 2. The number of fused-ring (bicyclic) bond motifs is 1. The minimum atomic E-state index is -5.13. The van der Waals surface area contributed by atoms with E-state index in [9.17, 15) is 27.1 Å². The number of aromatic hydroxyl groups is 1. The first kappa shape index (κ1) is 21.5. The molecule has 3 fully saturated rings. The molecule has 1 aliphatic carbocycles. The predicted octanol–water partition coefficient (Wildman–Crippen LogP) is 4.04. The molecule has 1 N–H and O–H groups in total. The third-order valence-electron chi connectivity index (χ3n) is 6.79. The summed E-state index contributed by atoms with van der Waals surface area (Å²) in [7, 11) is 0. The van der Waals surface area contributed by atoms with Crippen LogP contribution in [-0.4, -0.2) is 58.4 Å². The third-order valence-corrected chi connectivity index (χ3v) is 6.79. The topological polar surface area (TPSA) is 72.6 Å². The molecular formula is C22H19F5N4O3. The second-order valence-electron chi connectivity index (χ2n) is 8.92. The number of morpholine rings is 1. The Hall–Kier alpha value is -2.99. The van der Waals surface area contributed by atoms with Gasteiger partial charge in [-0.1, -0.05) is 0 Å². The fourth-order valence-corrected chi connectivity index (χ4v) is 4.66. The Kier molecular flexibility index (Phi) is 4.59. The Bertz CT molecular complexity index is 1300. The van der Waals surface area contributed by atoms with Gasteiger partial charge in [-0.05, 0) is 18.9 Å². The monoisotopic (exact) mass is 482 g/mol. The molecule has 1 saturated carbocycles. The fraction of sp³-hybridized carbons (Fsp3) is 0.455. The van der Waals surface area contributed by atoms with Gasteiger partial charge in [0, 0.05) is 29.8 Å². The van der Waals surface area contributed by atoms with Gasteiger partial charge < -0.3 is 19.5 Å². The van der Waals surface area contributed by atoms with Crippen molar-refractivity contribution in [1.29, 1.82) is 0 Å². The second-order valence-corrected chi connectivity index (χ2v) is 8.92. The van der Waals surface area contributed by atoms with Crippen molar-refractivity contribution < 1.29 is 36.5 Å². The summed E-state index contributed by atoms with van der Waals surface area (Å²) < 4.78 is 81.4. The van der Waals surface area contributed by atoms with Gasteiger partial charge in [0.1, 0.15) is 11.5 Å². The maximum absolute atomic E-state index is 14.9. The SMILES string of the molecule is Oc1c(F)c(-c2nn(C3COC3)c3cc(N4CCOCC45CC5)ncc23)cc(C(F)(F)F)c1F. The lowest BCUT2D eigenvalue weighted by Gasteiger charge is -2.37. The van der Waals surface area contributed by atoms with Crippen LogP contribution >= 0.6 is 0 Å². The maximum atomic E-state index is 14.9. The molecule has 2 aromatic heterocycles. The van der Waals surface area contributed by atoms with Crippen LogP contribution in [0, 0.1) is 11.6 Å². The number of hydrogen-bond donors (Lipinski definition) is 1. The molecule has 6 rings (SSSR count). The number of alkyl halides is 3. The molecule has 0 unspecified atom stereocenters. The molecule has 1 spiro atoms. The molecular weight excluding hydrogens is 463 g/mol. The van der Waals surface area contributed by atoms with Crippen LogP contribution in [0.2, 0.25) is 0 Å². The standard InChI is InChI=1S/C22H19F5N4O3/c23-17-12(5-14(22(25,26)27)18(24)20(17)32)19-13-7-28-16(30-3-4-33-10-21(30)1-2-21)6-15(13)31(29-19)11-8-34-9-11/h5-7,11,32H,1-4,8-10H2. The number of phenolic OH excluding ortho intramolecular Hbond substituents is 1. The number of halogens is 5. The van der Waals surface area contributed by atoms with Gasteiger partial charge in [-0.15, -0.1) is 0 Å². The maximum Gasteiger partial charge on any atom is 0.419 e. The van der Waals surface area contributed by atoms with Crippen LogP contribution in [0.1, 0.15) is 24.4 Å². The highest BCUT2D eigenvalue weighted by molar-refractivity contribution is 5.94. The average Bonchev–Trinajstić information content (AvgIpc) is 3.43. The van der Waals surface area contributed by atoms with Crippen molar-refractivity contribution in [1.82, 2.24) is 14.8 Å². The first-order valence-corrected chi connectivity index (χ1v) is 10.8. The van der Waals surface area contributed by atoms with E-state index in [-0.39, 0.29) is 22.7 Å². The van der Waals surface area contributed by atoms with Crippen molar-refractivity contribution in [3.05, 3.63) is 35.5 Å². The van der Waals surface area contributed by atoms with Gasteiger partial charge in [0.15, 0.2) is 17.4 Å². The van der Waals surface area contributed by atoms with E-state index in [1.807, 2.05) is 0 Å². The van der Waals surface area contributed by atoms with Crippen LogP contribution in [0.5, 0.6) is 5.75 Å². The van der Waals surface area contributed by atoms with E-state index in [0.29, 0.717) is 50.4 Å². The van der Waals surface area contributed by atoms with Crippen LogP contribution in [-0.2, 0) is 15.7 Å². The van der Waals surface area contributed by atoms with Crippen molar-refractivity contribution in [2.24, 2.45) is 0 Å². The van der Waals surface area contributed by atoms with E-state index in [1.165, 1.54) is 6.20 Å². The van der Waals surface area contributed by atoms with Gasteiger partial charge in [-0.2, -0.15) is 18.3 Å². The van der Waals surface area contributed by atoms with E-state index in [0.717, 1.165) is 12.8 Å². The molecule has 7 nitrogen and oxygen atoms in total. The summed E-state index contributed by atoms with van der Waals surface area (Å²) in [6.45, 7) is 2.44. The van der Waals surface area contributed by atoms with Crippen molar-refractivity contribution >= 4 is 16.7 Å². The van der Waals surface area contributed by atoms with Crippen LogP contribution in [0.3, 0.4) is 0 Å². The number of anilines is 1. The highest BCUT2D eigenvalue weighted by atomic mass is 19.4. The van der Waals surface area contributed by atoms with Crippen LogP contribution in [0.4, 0.5) is 27.8 Å². The molecule has 0 atom stereocenters. The zero-order chi connectivity index (χ0) is 23.8. The molecule has 180 valence electrons. The van der Waals surface area contributed by atoms with Crippen LogP contribution in [0.15, 0.2) is 18.3 Å². The number of phenols is 1. The molecule has 1 aromatic carbocycles. The average molecular weight is 482 g/mol. The zero-order valence-electron chi connectivity index (χ0n) is 17.7. The molecule has 0 amide bonds. The highest BCUT2D eigenvalue weighted by Gasteiger charge is 2.50. The van der Waals surface area contributed by atoms with E-state index >= 15 is 0 Å².